The number of aromatic carboxylic acids is 1. The van der Waals surface area contributed by atoms with Crippen molar-refractivity contribution in [2.45, 2.75) is 6.10 Å². The molecule has 6 heteroatoms. The van der Waals surface area contributed by atoms with Crippen molar-refractivity contribution in [1.82, 2.24) is 10.2 Å². The molecule has 0 aliphatic carbocycles. The molecule has 1 unspecified atom stereocenters. The summed E-state index contributed by atoms with van der Waals surface area (Å²) in [6, 6.07) is 9.22. The van der Waals surface area contributed by atoms with Gasteiger partial charge in [0.2, 0.25) is 5.89 Å². The third-order valence-electron chi connectivity index (χ3n) is 2.19. The van der Waals surface area contributed by atoms with Crippen molar-refractivity contribution in [2.24, 2.45) is 0 Å². The quantitative estimate of drug-likeness (QED) is 0.862. The minimum absolute atomic E-state index is 0.121. The number of hydrogen-bond donors (Lipinski definition) is 1. The van der Waals surface area contributed by atoms with Crippen LogP contribution in [0.25, 0.3) is 0 Å². The Morgan fingerprint density at radius 3 is 2.59 bits per heavy atom. The van der Waals surface area contributed by atoms with Crippen LogP contribution in [-0.2, 0) is 4.74 Å². The standard InChI is InChI=1S/C11H10N2O4/c1-16-8(7-5-3-2-4-6-7)9-12-13-10(17-9)11(14)15/h2-6,8H,1H3,(H,14,15). The van der Waals surface area contributed by atoms with Gasteiger partial charge in [0, 0.05) is 7.11 Å². The van der Waals surface area contributed by atoms with Crippen molar-refractivity contribution in [2.75, 3.05) is 7.11 Å². The van der Waals surface area contributed by atoms with E-state index < -0.39 is 18.0 Å². The van der Waals surface area contributed by atoms with E-state index in [1.54, 1.807) is 0 Å². The summed E-state index contributed by atoms with van der Waals surface area (Å²) < 4.78 is 10.2. The topological polar surface area (TPSA) is 85.5 Å². The third-order valence-corrected chi connectivity index (χ3v) is 2.19. The molecular formula is C11H10N2O4. The minimum Gasteiger partial charge on any atom is -0.474 e. The van der Waals surface area contributed by atoms with Crippen LogP contribution in [0.2, 0.25) is 0 Å². The number of ether oxygens (including phenoxy) is 1. The van der Waals surface area contributed by atoms with E-state index >= 15 is 0 Å². The van der Waals surface area contributed by atoms with Crippen LogP contribution in [0.3, 0.4) is 0 Å². The highest BCUT2D eigenvalue weighted by molar-refractivity contribution is 5.81. The van der Waals surface area contributed by atoms with E-state index in [1.807, 2.05) is 30.3 Å². The predicted molar refractivity (Wildman–Crippen MR) is 56.6 cm³/mol. The largest absolute Gasteiger partial charge is 0.474 e. The Bertz CT molecular complexity index is 509. The summed E-state index contributed by atoms with van der Waals surface area (Å²) in [5.74, 6) is -1.58. The molecule has 0 spiro atoms. The maximum atomic E-state index is 10.6. The van der Waals surface area contributed by atoms with Crippen molar-refractivity contribution in [3.8, 4) is 0 Å². The highest BCUT2D eigenvalue weighted by atomic mass is 16.5. The van der Waals surface area contributed by atoms with Crippen LogP contribution in [0.1, 0.15) is 28.2 Å². The Labute approximate surface area is 96.9 Å². The first-order chi connectivity index (χ1) is 8.22. The highest BCUT2D eigenvalue weighted by Crippen LogP contribution is 2.23. The molecule has 0 fully saturated rings. The summed E-state index contributed by atoms with van der Waals surface area (Å²) in [5, 5.41) is 15.8. The maximum absolute atomic E-state index is 10.6. The van der Waals surface area contributed by atoms with Gasteiger partial charge in [0.25, 0.3) is 0 Å². The van der Waals surface area contributed by atoms with Gasteiger partial charge in [-0.05, 0) is 5.56 Å². The van der Waals surface area contributed by atoms with Gasteiger partial charge in [0.15, 0.2) is 6.10 Å². The lowest BCUT2D eigenvalue weighted by molar-refractivity contribution is 0.0637. The SMILES string of the molecule is COC(c1ccccc1)c1nnc(C(=O)O)o1. The molecule has 0 bridgehead atoms. The lowest BCUT2D eigenvalue weighted by Gasteiger charge is -2.10. The van der Waals surface area contributed by atoms with Gasteiger partial charge < -0.3 is 14.3 Å². The average Bonchev–Trinajstić information content (AvgIpc) is 2.81. The molecule has 0 amide bonds. The van der Waals surface area contributed by atoms with Crippen LogP contribution in [0, 0.1) is 0 Å². The zero-order valence-corrected chi connectivity index (χ0v) is 9.03. The van der Waals surface area contributed by atoms with E-state index in [0.717, 1.165) is 5.56 Å². The molecule has 1 atom stereocenters. The van der Waals surface area contributed by atoms with E-state index in [4.69, 9.17) is 14.3 Å². The first kappa shape index (κ1) is 11.3. The fourth-order valence-corrected chi connectivity index (χ4v) is 1.43. The first-order valence-corrected chi connectivity index (χ1v) is 4.87. The molecule has 0 aliphatic rings. The molecule has 0 aliphatic heterocycles. The molecule has 17 heavy (non-hydrogen) atoms. The summed E-state index contributed by atoms with van der Waals surface area (Å²) in [7, 11) is 1.49. The molecule has 1 heterocycles. The summed E-state index contributed by atoms with van der Waals surface area (Å²) in [6.45, 7) is 0. The molecule has 2 rings (SSSR count). The molecule has 1 N–H and O–H groups in total. The fraction of sp³-hybridized carbons (Fsp3) is 0.182. The van der Waals surface area contributed by atoms with E-state index in [-0.39, 0.29) is 5.89 Å². The van der Waals surface area contributed by atoms with Crippen LogP contribution in [0.5, 0.6) is 0 Å². The van der Waals surface area contributed by atoms with Crippen LogP contribution in [0.15, 0.2) is 34.7 Å². The van der Waals surface area contributed by atoms with Gasteiger partial charge in [-0.2, -0.15) is 0 Å². The first-order valence-electron chi connectivity index (χ1n) is 4.87. The van der Waals surface area contributed by atoms with Crippen LogP contribution < -0.4 is 0 Å². The number of carboxylic acid groups (broad SMARTS) is 1. The van der Waals surface area contributed by atoms with Crippen molar-refractivity contribution in [1.29, 1.82) is 0 Å². The number of aromatic nitrogens is 2. The number of nitrogens with zero attached hydrogens (tertiary/aromatic N) is 2. The second-order valence-electron chi connectivity index (χ2n) is 3.28. The van der Waals surface area contributed by atoms with Gasteiger partial charge in [-0.1, -0.05) is 30.3 Å². The van der Waals surface area contributed by atoms with E-state index in [1.165, 1.54) is 7.11 Å². The molecule has 6 nitrogen and oxygen atoms in total. The lowest BCUT2D eigenvalue weighted by atomic mass is 10.1. The Hall–Kier alpha value is -2.21. The number of carbonyl (C=O) groups is 1. The lowest BCUT2D eigenvalue weighted by Crippen LogP contribution is -2.03. The summed E-state index contributed by atoms with van der Waals surface area (Å²) >= 11 is 0. The van der Waals surface area contributed by atoms with E-state index in [0.29, 0.717) is 0 Å². The molecule has 1 aromatic heterocycles. The monoisotopic (exact) mass is 234 g/mol. The van der Waals surface area contributed by atoms with Crippen molar-refractivity contribution in [3.05, 3.63) is 47.7 Å². The van der Waals surface area contributed by atoms with E-state index in [2.05, 4.69) is 10.2 Å². The molecule has 2 aromatic rings. The summed E-state index contributed by atoms with van der Waals surface area (Å²) in [5.41, 5.74) is 0.815. The Morgan fingerprint density at radius 2 is 2.06 bits per heavy atom. The normalized spacial score (nSPS) is 12.3. The second-order valence-corrected chi connectivity index (χ2v) is 3.28. The number of carboxylic acids is 1. The summed E-state index contributed by atoms with van der Waals surface area (Å²) in [6.07, 6.45) is -0.559. The van der Waals surface area contributed by atoms with Crippen molar-refractivity contribution in [3.63, 3.8) is 0 Å². The number of benzene rings is 1. The van der Waals surface area contributed by atoms with Gasteiger partial charge in [0.1, 0.15) is 0 Å². The smallest absolute Gasteiger partial charge is 0.393 e. The van der Waals surface area contributed by atoms with Crippen LogP contribution in [-0.4, -0.2) is 28.4 Å². The molecule has 0 radical (unpaired) electrons. The molecule has 0 saturated carbocycles. The fourth-order valence-electron chi connectivity index (χ4n) is 1.43. The van der Waals surface area contributed by atoms with Gasteiger partial charge >= 0.3 is 11.9 Å². The molecular weight excluding hydrogens is 224 g/mol. The van der Waals surface area contributed by atoms with Crippen LogP contribution >= 0.6 is 0 Å². The Balaban J connectivity index is 2.32. The zero-order valence-electron chi connectivity index (χ0n) is 9.03. The highest BCUT2D eigenvalue weighted by Gasteiger charge is 2.22. The molecule has 1 aromatic carbocycles. The average molecular weight is 234 g/mol. The number of methoxy groups -OCH3 is 1. The van der Waals surface area contributed by atoms with Gasteiger partial charge in [-0.25, -0.2) is 4.79 Å². The van der Waals surface area contributed by atoms with Crippen LogP contribution in [0.4, 0.5) is 0 Å². The van der Waals surface area contributed by atoms with Crippen molar-refractivity contribution >= 4 is 5.97 Å². The third kappa shape index (κ3) is 2.31. The van der Waals surface area contributed by atoms with Gasteiger partial charge in [-0.15, -0.1) is 10.2 Å². The second kappa shape index (κ2) is 4.75. The Kier molecular flexibility index (Phi) is 3.15. The predicted octanol–water partition coefficient (Wildman–Crippen LogP) is 1.50. The van der Waals surface area contributed by atoms with Crippen molar-refractivity contribution < 1.29 is 19.1 Å². The maximum Gasteiger partial charge on any atom is 0.393 e. The minimum atomic E-state index is -1.26. The Morgan fingerprint density at radius 1 is 1.35 bits per heavy atom. The number of hydrogen-bond acceptors (Lipinski definition) is 5. The number of rotatable bonds is 4. The zero-order chi connectivity index (χ0) is 12.3. The van der Waals surface area contributed by atoms with Gasteiger partial charge in [0.05, 0.1) is 0 Å². The summed E-state index contributed by atoms with van der Waals surface area (Å²) in [4.78, 5) is 10.6. The molecule has 88 valence electrons. The van der Waals surface area contributed by atoms with Gasteiger partial charge in [-0.3, -0.25) is 0 Å². The molecule has 0 saturated heterocycles. The van der Waals surface area contributed by atoms with E-state index in [9.17, 15) is 4.79 Å².